The molecule has 0 amide bonds. The molecule has 204 valence electrons. The second-order valence-corrected chi connectivity index (χ2v) is 12.2. The Kier molecular flexibility index (Phi) is 4.99. The highest BCUT2D eigenvalue weighted by Gasteiger charge is 2.35. The largest absolute Gasteiger partial charge is 0.316 e. The fourth-order valence-electron chi connectivity index (χ4n) is 7.45. The van der Waals surface area contributed by atoms with Gasteiger partial charge in [-0.15, -0.1) is 0 Å². The molecule has 0 aliphatic heterocycles. The van der Waals surface area contributed by atoms with Gasteiger partial charge in [0.25, 0.3) is 0 Å². The minimum absolute atomic E-state index is 0.0503. The molecule has 0 N–H and O–H groups in total. The molecule has 0 bridgehead atoms. The third-order valence-electron chi connectivity index (χ3n) is 9.58. The standard InChI is InChI=1S/C41H30N2/c1-41(2)36-14-8-6-12-31(36)32-21-20-30(26-37(32)41)43-39-15-9-7-13-33(39)34-22-23-38-35(40(34)43)24-25-42(38)29-18-16-28(17-19-29)27-10-4-3-5-11-27/h3-26H,1-2H3. The van der Waals surface area contributed by atoms with Crippen molar-refractivity contribution < 1.29 is 0 Å². The Morgan fingerprint density at radius 1 is 0.465 bits per heavy atom. The van der Waals surface area contributed by atoms with Gasteiger partial charge in [0.2, 0.25) is 0 Å². The van der Waals surface area contributed by atoms with Gasteiger partial charge in [-0.2, -0.15) is 0 Å². The number of hydrogen-bond acceptors (Lipinski definition) is 0. The molecule has 0 atom stereocenters. The lowest BCUT2D eigenvalue weighted by Crippen LogP contribution is -2.15. The number of nitrogens with zero attached hydrogens (tertiary/aromatic N) is 2. The minimum Gasteiger partial charge on any atom is -0.316 e. The molecule has 2 aromatic heterocycles. The van der Waals surface area contributed by atoms with Crippen LogP contribution in [-0.2, 0) is 5.41 Å². The first-order chi connectivity index (χ1) is 21.1. The van der Waals surface area contributed by atoms with Crippen LogP contribution in [0, 0.1) is 0 Å². The predicted octanol–water partition coefficient (Wildman–Crippen LogP) is 10.7. The Balaban J connectivity index is 1.26. The van der Waals surface area contributed by atoms with Crippen LogP contribution in [0.3, 0.4) is 0 Å². The summed E-state index contributed by atoms with van der Waals surface area (Å²) in [4.78, 5) is 0. The van der Waals surface area contributed by atoms with E-state index < -0.39 is 0 Å². The van der Waals surface area contributed by atoms with E-state index in [4.69, 9.17) is 0 Å². The van der Waals surface area contributed by atoms with Gasteiger partial charge in [-0.25, -0.2) is 0 Å². The average Bonchev–Trinajstić information content (AvgIpc) is 3.70. The van der Waals surface area contributed by atoms with Crippen molar-refractivity contribution in [3.05, 3.63) is 157 Å². The average molecular weight is 551 g/mol. The van der Waals surface area contributed by atoms with Crippen LogP contribution >= 0.6 is 0 Å². The fraction of sp³-hybridized carbons (Fsp3) is 0.0732. The summed E-state index contributed by atoms with van der Waals surface area (Å²) in [5.41, 5.74) is 14.0. The van der Waals surface area contributed by atoms with E-state index in [1.807, 2.05) is 0 Å². The Bertz CT molecular complexity index is 2350. The number of hydrogen-bond donors (Lipinski definition) is 0. The number of rotatable bonds is 3. The van der Waals surface area contributed by atoms with Gasteiger partial charge in [0, 0.05) is 39.1 Å². The Morgan fingerprint density at radius 3 is 2.02 bits per heavy atom. The van der Waals surface area contributed by atoms with Crippen molar-refractivity contribution in [2.24, 2.45) is 0 Å². The van der Waals surface area contributed by atoms with E-state index in [0.29, 0.717) is 0 Å². The first kappa shape index (κ1) is 24.3. The van der Waals surface area contributed by atoms with Crippen molar-refractivity contribution in [3.8, 4) is 33.6 Å². The maximum Gasteiger partial charge on any atom is 0.0635 e. The molecule has 0 radical (unpaired) electrons. The first-order valence-corrected chi connectivity index (χ1v) is 15.0. The highest BCUT2D eigenvalue weighted by atomic mass is 15.0. The quantitative estimate of drug-likeness (QED) is 0.207. The number of para-hydroxylation sites is 1. The van der Waals surface area contributed by atoms with Crippen molar-refractivity contribution in [2.75, 3.05) is 0 Å². The zero-order valence-corrected chi connectivity index (χ0v) is 24.3. The molecule has 1 aliphatic carbocycles. The summed E-state index contributed by atoms with van der Waals surface area (Å²) in [5, 5.41) is 3.81. The van der Waals surface area contributed by atoms with Crippen LogP contribution < -0.4 is 0 Å². The molecule has 0 saturated carbocycles. The summed E-state index contributed by atoms with van der Waals surface area (Å²) in [7, 11) is 0. The highest BCUT2D eigenvalue weighted by molar-refractivity contribution is 6.18. The Morgan fingerprint density at radius 2 is 1.16 bits per heavy atom. The Labute approximate surface area is 251 Å². The van der Waals surface area contributed by atoms with E-state index in [2.05, 4.69) is 169 Å². The molecule has 8 aromatic rings. The molecule has 0 saturated heterocycles. The third kappa shape index (κ3) is 3.41. The van der Waals surface area contributed by atoms with Gasteiger partial charge in [-0.3, -0.25) is 0 Å². The zero-order valence-electron chi connectivity index (χ0n) is 24.3. The van der Waals surface area contributed by atoms with Gasteiger partial charge in [-0.1, -0.05) is 111 Å². The molecule has 0 spiro atoms. The minimum atomic E-state index is -0.0503. The van der Waals surface area contributed by atoms with E-state index in [9.17, 15) is 0 Å². The van der Waals surface area contributed by atoms with Crippen molar-refractivity contribution in [1.29, 1.82) is 0 Å². The molecule has 2 heteroatoms. The second-order valence-electron chi connectivity index (χ2n) is 12.2. The molecule has 2 nitrogen and oxygen atoms in total. The van der Waals surface area contributed by atoms with Gasteiger partial charge in [-0.05, 0) is 75.8 Å². The van der Waals surface area contributed by atoms with Crippen LogP contribution in [0.2, 0.25) is 0 Å². The van der Waals surface area contributed by atoms with Gasteiger partial charge in [0.1, 0.15) is 0 Å². The molecule has 1 aliphatic rings. The third-order valence-corrected chi connectivity index (χ3v) is 9.58. The summed E-state index contributed by atoms with van der Waals surface area (Å²) >= 11 is 0. The van der Waals surface area contributed by atoms with Crippen molar-refractivity contribution in [3.63, 3.8) is 0 Å². The lowest BCUT2D eigenvalue weighted by molar-refractivity contribution is 0.660. The molecular weight excluding hydrogens is 520 g/mol. The SMILES string of the molecule is CC1(C)c2ccccc2-c2ccc(-n3c4ccccc4c4ccc5c(ccn5-c5ccc(-c6ccccc6)cc5)c43)cc21. The molecule has 6 aromatic carbocycles. The molecular formula is C41H30N2. The monoisotopic (exact) mass is 550 g/mol. The maximum atomic E-state index is 2.48. The van der Waals surface area contributed by atoms with E-state index in [1.54, 1.807) is 0 Å². The number of aromatic nitrogens is 2. The van der Waals surface area contributed by atoms with Gasteiger partial charge in [0.15, 0.2) is 0 Å². The molecule has 0 fully saturated rings. The van der Waals surface area contributed by atoms with Crippen LogP contribution in [0.5, 0.6) is 0 Å². The van der Waals surface area contributed by atoms with E-state index in [1.165, 1.54) is 71.8 Å². The van der Waals surface area contributed by atoms with Gasteiger partial charge >= 0.3 is 0 Å². The summed E-state index contributed by atoms with van der Waals surface area (Å²) in [6.45, 7) is 4.71. The molecule has 9 rings (SSSR count). The zero-order chi connectivity index (χ0) is 28.7. The van der Waals surface area contributed by atoms with E-state index in [-0.39, 0.29) is 5.41 Å². The lowest BCUT2D eigenvalue weighted by Gasteiger charge is -2.22. The molecule has 2 heterocycles. The summed E-state index contributed by atoms with van der Waals surface area (Å²) in [6.07, 6.45) is 2.21. The number of benzene rings is 6. The summed E-state index contributed by atoms with van der Waals surface area (Å²) < 4.78 is 4.79. The lowest BCUT2D eigenvalue weighted by atomic mass is 9.82. The van der Waals surface area contributed by atoms with Crippen molar-refractivity contribution in [1.82, 2.24) is 9.13 Å². The van der Waals surface area contributed by atoms with Crippen LogP contribution in [0.15, 0.2) is 146 Å². The fourth-order valence-corrected chi connectivity index (χ4v) is 7.45. The molecule has 0 unspecified atom stereocenters. The molecule has 43 heavy (non-hydrogen) atoms. The van der Waals surface area contributed by atoms with Crippen molar-refractivity contribution >= 4 is 32.7 Å². The first-order valence-electron chi connectivity index (χ1n) is 15.0. The Hall–Kier alpha value is -5.34. The summed E-state index contributed by atoms with van der Waals surface area (Å²) in [6, 6.07) is 51.1. The summed E-state index contributed by atoms with van der Waals surface area (Å²) in [5.74, 6) is 0. The van der Waals surface area contributed by atoms with Crippen LogP contribution in [0.1, 0.15) is 25.0 Å². The van der Waals surface area contributed by atoms with Crippen molar-refractivity contribution in [2.45, 2.75) is 19.3 Å². The maximum absolute atomic E-state index is 2.48. The van der Waals surface area contributed by atoms with E-state index >= 15 is 0 Å². The topological polar surface area (TPSA) is 9.86 Å². The van der Waals surface area contributed by atoms with Gasteiger partial charge in [0.05, 0.1) is 16.6 Å². The second kappa shape index (κ2) is 8.83. The normalized spacial score (nSPS) is 13.5. The smallest absolute Gasteiger partial charge is 0.0635 e. The van der Waals surface area contributed by atoms with Crippen LogP contribution in [0.4, 0.5) is 0 Å². The number of fused-ring (bicyclic) bond motifs is 8. The van der Waals surface area contributed by atoms with E-state index in [0.717, 1.165) is 5.69 Å². The van der Waals surface area contributed by atoms with Crippen LogP contribution in [0.25, 0.3) is 66.3 Å². The highest BCUT2D eigenvalue weighted by Crippen LogP contribution is 2.49. The van der Waals surface area contributed by atoms with Gasteiger partial charge < -0.3 is 9.13 Å². The predicted molar refractivity (Wildman–Crippen MR) is 181 cm³/mol. The van der Waals surface area contributed by atoms with Crippen LogP contribution in [-0.4, -0.2) is 9.13 Å².